The van der Waals surface area contributed by atoms with Crippen LogP contribution in [0.25, 0.3) is 22.6 Å². The smallest absolute Gasteiger partial charge is 0.227 e. The molecule has 0 spiro atoms. The summed E-state index contributed by atoms with van der Waals surface area (Å²) in [5.41, 5.74) is 9.77. The number of rotatable bonds is 4. The molecule has 0 aliphatic heterocycles. The minimum absolute atomic E-state index is 0.0618. The second-order valence-electron chi connectivity index (χ2n) is 4.44. The lowest BCUT2D eigenvalue weighted by atomic mass is 10.1. The summed E-state index contributed by atoms with van der Waals surface area (Å²) in [5, 5.41) is 11.8. The van der Waals surface area contributed by atoms with Crippen LogP contribution in [0, 0.1) is 0 Å². The molecule has 0 atom stereocenters. The molecule has 102 valence electrons. The number of nitrogen functional groups attached to an aromatic ring is 1. The Morgan fingerprint density at radius 2 is 2.05 bits per heavy atom. The fourth-order valence-corrected chi connectivity index (χ4v) is 2.04. The van der Waals surface area contributed by atoms with Gasteiger partial charge in [-0.1, -0.05) is 12.1 Å². The molecule has 0 amide bonds. The maximum Gasteiger partial charge on any atom is 0.227 e. The Hall–Kier alpha value is -2.53. The first-order valence-corrected chi connectivity index (χ1v) is 6.38. The first-order valence-electron chi connectivity index (χ1n) is 6.38. The maximum atomic E-state index is 8.80. The fraction of sp³-hybridized carbons (Fsp3) is 0.133. The van der Waals surface area contributed by atoms with Gasteiger partial charge in [-0.25, -0.2) is 4.98 Å². The van der Waals surface area contributed by atoms with Crippen molar-refractivity contribution in [2.24, 2.45) is 0 Å². The van der Waals surface area contributed by atoms with Crippen LogP contribution in [0.1, 0.15) is 0 Å². The summed E-state index contributed by atoms with van der Waals surface area (Å²) < 4.78 is 5.70. The van der Waals surface area contributed by atoms with Crippen LogP contribution in [0.15, 0.2) is 46.9 Å². The quantitative estimate of drug-likeness (QED) is 0.634. The minimum Gasteiger partial charge on any atom is -0.436 e. The molecule has 4 N–H and O–H groups in total. The van der Waals surface area contributed by atoms with Crippen LogP contribution in [-0.4, -0.2) is 23.2 Å². The van der Waals surface area contributed by atoms with E-state index < -0.39 is 0 Å². The number of hydrogen-bond donors (Lipinski definition) is 3. The molecule has 3 rings (SSSR count). The van der Waals surface area contributed by atoms with Crippen molar-refractivity contribution in [3.63, 3.8) is 0 Å². The molecule has 0 radical (unpaired) electrons. The Morgan fingerprint density at radius 3 is 2.80 bits per heavy atom. The monoisotopic (exact) mass is 269 g/mol. The van der Waals surface area contributed by atoms with Crippen molar-refractivity contribution in [1.82, 2.24) is 4.98 Å². The Kier molecular flexibility index (Phi) is 3.26. The van der Waals surface area contributed by atoms with E-state index in [4.69, 9.17) is 15.3 Å². The third-order valence-corrected chi connectivity index (χ3v) is 3.02. The lowest BCUT2D eigenvalue weighted by Gasteiger charge is -2.08. The van der Waals surface area contributed by atoms with E-state index in [0.717, 1.165) is 22.4 Å². The van der Waals surface area contributed by atoms with Gasteiger partial charge in [0.05, 0.1) is 18.0 Å². The lowest BCUT2D eigenvalue weighted by Crippen LogP contribution is -2.07. The number of hydrogen-bond acceptors (Lipinski definition) is 5. The second kappa shape index (κ2) is 5.22. The molecule has 0 aliphatic carbocycles. The topological polar surface area (TPSA) is 84.3 Å². The van der Waals surface area contributed by atoms with Crippen LogP contribution >= 0.6 is 0 Å². The number of fused-ring (bicyclic) bond motifs is 1. The summed E-state index contributed by atoms with van der Waals surface area (Å²) in [6.45, 7) is 0.527. The van der Waals surface area contributed by atoms with Crippen molar-refractivity contribution in [1.29, 1.82) is 0 Å². The van der Waals surface area contributed by atoms with E-state index in [0.29, 0.717) is 18.1 Å². The van der Waals surface area contributed by atoms with Gasteiger partial charge in [0, 0.05) is 12.1 Å². The highest BCUT2D eigenvalue weighted by molar-refractivity contribution is 5.78. The van der Waals surface area contributed by atoms with Crippen LogP contribution in [0.3, 0.4) is 0 Å². The molecule has 0 unspecified atom stereocenters. The molecule has 5 nitrogen and oxygen atoms in total. The highest BCUT2D eigenvalue weighted by Crippen LogP contribution is 2.28. The zero-order chi connectivity index (χ0) is 13.9. The summed E-state index contributed by atoms with van der Waals surface area (Å²) in [7, 11) is 0. The van der Waals surface area contributed by atoms with Gasteiger partial charge in [0.1, 0.15) is 5.52 Å². The molecule has 0 aliphatic rings. The number of aliphatic hydroxyl groups excluding tert-OH is 1. The first-order chi connectivity index (χ1) is 9.78. The Labute approximate surface area is 116 Å². The molecule has 1 aromatic heterocycles. The summed E-state index contributed by atoms with van der Waals surface area (Å²) in [4.78, 5) is 4.43. The van der Waals surface area contributed by atoms with Gasteiger partial charge in [-0.15, -0.1) is 0 Å². The summed E-state index contributed by atoms with van der Waals surface area (Å²) in [5.74, 6) is 0.548. The second-order valence-corrected chi connectivity index (χ2v) is 4.44. The number of benzene rings is 2. The molecule has 5 heteroatoms. The highest BCUT2D eigenvalue weighted by Gasteiger charge is 2.09. The van der Waals surface area contributed by atoms with Gasteiger partial charge >= 0.3 is 0 Å². The van der Waals surface area contributed by atoms with E-state index in [9.17, 15) is 0 Å². The molecule has 0 saturated carbocycles. The van der Waals surface area contributed by atoms with Gasteiger partial charge in [0.2, 0.25) is 5.89 Å². The molecule has 0 fully saturated rings. The molecule has 3 aromatic rings. The molecule has 2 aromatic carbocycles. The number of anilines is 2. The van der Waals surface area contributed by atoms with E-state index in [1.54, 1.807) is 0 Å². The third-order valence-electron chi connectivity index (χ3n) is 3.02. The SMILES string of the molecule is Nc1cc(-c2nc3ccccc3o2)ccc1NCCO. The predicted octanol–water partition coefficient (Wildman–Crippen LogP) is 2.48. The minimum atomic E-state index is 0.0618. The molecular weight excluding hydrogens is 254 g/mol. The van der Waals surface area contributed by atoms with Crippen LogP contribution in [-0.2, 0) is 0 Å². The Balaban J connectivity index is 1.95. The Bertz CT molecular complexity index is 704. The van der Waals surface area contributed by atoms with Gasteiger partial charge in [-0.2, -0.15) is 0 Å². The van der Waals surface area contributed by atoms with Crippen molar-refractivity contribution in [3.05, 3.63) is 42.5 Å². The number of nitrogens with zero attached hydrogens (tertiary/aromatic N) is 1. The van der Waals surface area contributed by atoms with E-state index in [-0.39, 0.29) is 6.61 Å². The molecule has 20 heavy (non-hydrogen) atoms. The third kappa shape index (κ3) is 2.31. The summed E-state index contributed by atoms with van der Waals surface area (Å²) in [6, 6.07) is 13.2. The number of nitrogens with one attached hydrogen (secondary N) is 1. The number of para-hydroxylation sites is 2. The van der Waals surface area contributed by atoms with Gasteiger partial charge in [-0.05, 0) is 30.3 Å². The zero-order valence-corrected chi connectivity index (χ0v) is 10.8. The number of aliphatic hydroxyl groups is 1. The zero-order valence-electron chi connectivity index (χ0n) is 10.8. The lowest BCUT2D eigenvalue weighted by molar-refractivity contribution is 0.311. The average Bonchev–Trinajstić information content (AvgIpc) is 2.90. The molecule has 0 saturated heterocycles. The van der Waals surface area contributed by atoms with Crippen LogP contribution < -0.4 is 11.1 Å². The maximum absolute atomic E-state index is 8.80. The first kappa shape index (κ1) is 12.5. The Morgan fingerprint density at radius 1 is 1.20 bits per heavy atom. The van der Waals surface area contributed by atoms with Crippen LogP contribution in [0.4, 0.5) is 11.4 Å². The van der Waals surface area contributed by atoms with Crippen molar-refractivity contribution in [2.45, 2.75) is 0 Å². The average molecular weight is 269 g/mol. The van der Waals surface area contributed by atoms with Crippen molar-refractivity contribution < 1.29 is 9.52 Å². The van der Waals surface area contributed by atoms with Crippen molar-refractivity contribution in [2.75, 3.05) is 24.2 Å². The van der Waals surface area contributed by atoms with Crippen LogP contribution in [0.2, 0.25) is 0 Å². The van der Waals surface area contributed by atoms with Gasteiger partial charge < -0.3 is 20.6 Å². The molecular formula is C15H15N3O2. The van der Waals surface area contributed by atoms with Crippen LogP contribution in [0.5, 0.6) is 0 Å². The summed E-state index contributed by atoms with van der Waals surface area (Å²) >= 11 is 0. The predicted molar refractivity (Wildman–Crippen MR) is 79.4 cm³/mol. The van der Waals surface area contributed by atoms with Gasteiger partial charge in [0.25, 0.3) is 0 Å². The van der Waals surface area contributed by atoms with E-state index >= 15 is 0 Å². The standard InChI is InChI=1S/C15H15N3O2/c16-11-9-10(5-6-12(11)17-7-8-19)15-18-13-3-1-2-4-14(13)20-15/h1-6,9,17,19H,7-8,16H2. The largest absolute Gasteiger partial charge is 0.436 e. The van der Waals surface area contributed by atoms with Crippen molar-refractivity contribution in [3.8, 4) is 11.5 Å². The van der Waals surface area contributed by atoms with Gasteiger partial charge in [-0.3, -0.25) is 0 Å². The van der Waals surface area contributed by atoms with Crippen molar-refractivity contribution >= 4 is 22.5 Å². The number of oxazole rings is 1. The molecule has 0 bridgehead atoms. The number of aromatic nitrogens is 1. The van der Waals surface area contributed by atoms with E-state index in [1.807, 2.05) is 42.5 Å². The highest BCUT2D eigenvalue weighted by atomic mass is 16.3. The van der Waals surface area contributed by atoms with E-state index in [1.165, 1.54) is 0 Å². The normalized spacial score (nSPS) is 10.8. The van der Waals surface area contributed by atoms with Gasteiger partial charge in [0.15, 0.2) is 5.58 Å². The number of nitrogens with two attached hydrogens (primary N) is 1. The fourth-order valence-electron chi connectivity index (χ4n) is 2.04. The molecule has 1 heterocycles. The van der Waals surface area contributed by atoms with E-state index in [2.05, 4.69) is 10.3 Å². The summed E-state index contributed by atoms with van der Waals surface area (Å²) in [6.07, 6.45) is 0.